The van der Waals surface area contributed by atoms with Crippen molar-refractivity contribution in [3.8, 4) is 11.1 Å². The highest BCUT2D eigenvalue weighted by molar-refractivity contribution is 9.10. The van der Waals surface area contributed by atoms with Crippen LogP contribution in [0.15, 0.2) is 47.2 Å². The number of nitrogens with zero attached hydrogens (tertiary/aromatic N) is 6. The Hall–Kier alpha value is -2.11. The van der Waals surface area contributed by atoms with Crippen molar-refractivity contribution in [2.75, 3.05) is 26.2 Å². The van der Waals surface area contributed by atoms with E-state index in [1.807, 2.05) is 41.2 Å². The molecule has 172 valence electrons. The lowest BCUT2D eigenvalue weighted by Crippen LogP contribution is -2.47. The monoisotopic (exact) mass is 548 g/mol. The van der Waals surface area contributed by atoms with E-state index in [1.165, 1.54) is 4.31 Å². The van der Waals surface area contributed by atoms with Crippen molar-refractivity contribution >= 4 is 52.4 Å². The average Bonchev–Trinajstić information content (AvgIpc) is 3.22. The molecule has 0 aliphatic carbocycles. The van der Waals surface area contributed by atoms with Gasteiger partial charge in [0.15, 0.2) is 5.65 Å². The van der Waals surface area contributed by atoms with Gasteiger partial charge in [-0.05, 0) is 34.5 Å². The van der Waals surface area contributed by atoms with Crippen molar-refractivity contribution < 1.29 is 8.42 Å². The van der Waals surface area contributed by atoms with Gasteiger partial charge < -0.3 is 0 Å². The highest BCUT2D eigenvalue weighted by atomic mass is 79.9. The maximum Gasteiger partial charge on any atom is 0.299 e. The van der Waals surface area contributed by atoms with Crippen LogP contribution in [0.1, 0.15) is 18.3 Å². The fourth-order valence-corrected chi connectivity index (χ4v) is 5.91. The molecule has 0 spiro atoms. The van der Waals surface area contributed by atoms with Gasteiger partial charge in [-0.1, -0.05) is 25.1 Å². The molecule has 1 saturated heterocycles. The van der Waals surface area contributed by atoms with Crippen molar-refractivity contribution in [1.82, 2.24) is 28.8 Å². The number of benzene rings is 1. The summed E-state index contributed by atoms with van der Waals surface area (Å²) < 4.78 is 27.3. The third kappa shape index (κ3) is 4.38. The Morgan fingerprint density at radius 2 is 1.88 bits per heavy atom. The second-order valence-electron chi connectivity index (χ2n) is 8.00. The van der Waals surface area contributed by atoms with Crippen LogP contribution in [0.4, 0.5) is 0 Å². The van der Waals surface area contributed by atoms with E-state index >= 15 is 0 Å². The Kier molecular flexibility index (Phi) is 6.13. The first-order chi connectivity index (χ1) is 15.8. The molecule has 8 nitrogen and oxygen atoms in total. The first kappa shape index (κ1) is 22.7. The highest BCUT2D eigenvalue weighted by Gasteiger charge is 2.26. The molecule has 0 radical (unpaired) electrons. The predicted octanol–water partition coefficient (Wildman–Crippen LogP) is 3.87. The zero-order chi connectivity index (χ0) is 23.2. The van der Waals surface area contributed by atoms with E-state index in [4.69, 9.17) is 15.7 Å². The molecule has 4 aromatic rings. The van der Waals surface area contributed by atoms with Gasteiger partial charge in [-0.15, -0.1) is 0 Å². The smallest absolute Gasteiger partial charge is 0.295 e. The Labute approximate surface area is 204 Å². The number of hydrogen-bond donors (Lipinski definition) is 0. The minimum atomic E-state index is -3.68. The molecule has 1 aliphatic heterocycles. The third-order valence-electron chi connectivity index (χ3n) is 6.00. The van der Waals surface area contributed by atoms with Crippen molar-refractivity contribution in [1.29, 1.82) is 0 Å². The van der Waals surface area contributed by atoms with Gasteiger partial charge in [0.1, 0.15) is 0 Å². The molecule has 0 N–H and O–H groups in total. The number of hydrogen-bond acceptors (Lipinski definition) is 6. The number of piperazine rings is 1. The minimum Gasteiger partial charge on any atom is -0.295 e. The molecule has 0 unspecified atom stereocenters. The van der Waals surface area contributed by atoms with Crippen LogP contribution >= 0.6 is 26.6 Å². The molecule has 0 atom stereocenters. The average molecular weight is 550 g/mol. The van der Waals surface area contributed by atoms with Crippen LogP contribution < -0.4 is 0 Å². The van der Waals surface area contributed by atoms with Crippen molar-refractivity contribution in [3.63, 3.8) is 0 Å². The Morgan fingerprint density at radius 1 is 1.12 bits per heavy atom. The minimum absolute atomic E-state index is 0.368. The number of pyridine rings is 1. The molecule has 33 heavy (non-hydrogen) atoms. The predicted molar refractivity (Wildman–Crippen MR) is 132 cm³/mol. The van der Waals surface area contributed by atoms with Crippen LogP contribution in [-0.2, 0) is 22.2 Å². The van der Waals surface area contributed by atoms with Crippen molar-refractivity contribution in [2.24, 2.45) is 0 Å². The standard InChI is InChI=1S/C22H22BrClN6O2S/c1-2-20-21(23)19(14-28-7-9-29(10-8-28)33(24,31)32)27-22-17(13-26-30(20)22)16-11-15-5-3-4-6-18(15)25-12-16/h3-6,11-13H,2,7-10,14H2,1H3. The summed E-state index contributed by atoms with van der Waals surface area (Å²) in [4.78, 5) is 11.8. The van der Waals surface area contributed by atoms with E-state index in [2.05, 4.69) is 43.9 Å². The van der Waals surface area contributed by atoms with E-state index in [0.717, 1.165) is 50.0 Å². The summed E-state index contributed by atoms with van der Waals surface area (Å²) >= 11 is 3.74. The largest absolute Gasteiger partial charge is 0.299 e. The number of aryl methyl sites for hydroxylation is 1. The lowest BCUT2D eigenvalue weighted by atomic mass is 10.1. The quantitative estimate of drug-likeness (QED) is 0.352. The van der Waals surface area contributed by atoms with Gasteiger partial charge >= 0.3 is 0 Å². The van der Waals surface area contributed by atoms with Crippen LogP contribution in [0.25, 0.3) is 27.7 Å². The summed E-state index contributed by atoms with van der Waals surface area (Å²) in [5, 5.41) is 5.69. The number of para-hydroxylation sites is 1. The van der Waals surface area contributed by atoms with Crippen LogP contribution in [0.3, 0.4) is 0 Å². The van der Waals surface area contributed by atoms with E-state index < -0.39 is 9.24 Å². The van der Waals surface area contributed by atoms with E-state index in [1.54, 1.807) is 0 Å². The van der Waals surface area contributed by atoms with Crippen molar-refractivity contribution in [2.45, 2.75) is 19.9 Å². The van der Waals surface area contributed by atoms with E-state index in [-0.39, 0.29) is 0 Å². The molecule has 0 bridgehead atoms. The molecule has 3 aromatic heterocycles. The van der Waals surface area contributed by atoms with E-state index in [9.17, 15) is 8.42 Å². The summed E-state index contributed by atoms with van der Waals surface area (Å²) in [6.07, 6.45) is 4.48. The van der Waals surface area contributed by atoms with Gasteiger partial charge in [0.25, 0.3) is 9.24 Å². The van der Waals surface area contributed by atoms with Gasteiger partial charge in [-0.2, -0.15) is 17.8 Å². The SMILES string of the molecule is CCc1c(Br)c(CN2CCN(S(=O)(=O)Cl)CC2)nc2c(-c3cnc4ccccc4c3)cnn12. The number of rotatable bonds is 5. The Morgan fingerprint density at radius 3 is 2.61 bits per heavy atom. The zero-order valence-electron chi connectivity index (χ0n) is 17.9. The van der Waals surface area contributed by atoms with Crippen LogP contribution in [0.2, 0.25) is 0 Å². The third-order valence-corrected chi connectivity index (χ3v) is 8.48. The summed E-state index contributed by atoms with van der Waals surface area (Å²) in [5.74, 6) is 0. The topological polar surface area (TPSA) is 83.7 Å². The first-order valence-corrected chi connectivity index (χ1v) is 13.7. The highest BCUT2D eigenvalue weighted by Crippen LogP contribution is 2.30. The fourth-order valence-electron chi connectivity index (χ4n) is 4.23. The van der Waals surface area contributed by atoms with E-state index in [0.29, 0.717) is 32.7 Å². The lowest BCUT2D eigenvalue weighted by molar-refractivity contribution is 0.181. The van der Waals surface area contributed by atoms with Crippen LogP contribution in [0.5, 0.6) is 0 Å². The number of halogens is 2. The Balaban J connectivity index is 1.51. The molecule has 0 amide bonds. The van der Waals surface area contributed by atoms with Crippen LogP contribution in [-0.4, -0.2) is 63.4 Å². The number of aromatic nitrogens is 4. The van der Waals surface area contributed by atoms with Gasteiger partial charge in [0.05, 0.1) is 27.6 Å². The summed E-state index contributed by atoms with van der Waals surface area (Å²) in [7, 11) is 1.82. The number of fused-ring (bicyclic) bond motifs is 2. The molecule has 1 aliphatic rings. The van der Waals surface area contributed by atoms with Crippen molar-refractivity contribution in [3.05, 3.63) is 58.6 Å². The second-order valence-corrected chi connectivity index (χ2v) is 11.3. The maximum atomic E-state index is 11.6. The van der Waals surface area contributed by atoms with Gasteiger partial charge in [0.2, 0.25) is 0 Å². The lowest BCUT2D eigenvalue weighted by Gasteiger charge is -2.32. The molecule has 4 heterocycles. The summed E-state index contributed by atoms with van der Waals surface area (Å²) in [6.45, 7) is 4.61. The molecule has 1 fully saturated rings. The molecular weight excluding hydrogens is 528 g/mol. The molecule has 5 rings (SSSR count). The molecule has 11 heteroatoms. The second kappa shape index (κ2) is 8.92. The van der Waals surface area contributed by atoms with Gasteiger partial charge in [0, 0.05) is 66.1 Å². The van der Waals surface area contributed by atoms with Crippen LogP contribution in [0, 0.1) is 0 Å². The molecular formula is C22H22BrClN6O2S. The normalized spacial score (nSPS) is 16.1. The fraction of sp³-hybridized carbons (Fsp3) is 0.318. The molecule has 0 saturated carbocycles. The van der Waals surface area contributed by atoms with Gasteiger partial charge in [-0.25, -0.2) is 9.50 Å². The van der Waals surface area contributed by atoms with Gasteiger partial charge in [-0.3, -0.25) is 9.88 Å². The molecule has 1 aromatic carbocycles. The zero-order valence-corrected chi connectivity index (χ0v) is 21.1. The summed E-state index contributed by atoms with van der Waals surface area (Å²) in [5.41, 5.74) is 5.56. The summed E-state index contributed by atoms with van der Waals surface area (Å²) in [6, 6.07) is 10.1. The Bertz CT molecular complexity index is 1450. The first-order valence-electron chi connectivity index (χ1n) is 10.7. The maximum absolute atomic E-state index is 11.6.